The molecule has 2 aliphatic rings. The van der Waals surface area contributed by atoms with E-state index in [4.69, 9.17) is 9.47 Å². The second-order valence-electron chi connectivity index (χ2n) is 9.58. The van der Waals surface area contributed by atoms with Gasteiger partial charge in [-0.2, -0.15) is 0 Å². The van der Waals surface area contributed by atoms with Crippen molar-refractivity contribution in [2.24, 2.45) is 23.2 Å². The number of rotatable bonds is 5. The second kappa shape index (κ2) is 9.32. The van der Waals surface area contributed by atoms with E-state index in [1.54, 1.807) is 19.9 Å². The van der Waals surface area contributed by atoms with E-state index >= 15 is 0 Å². The molecule has 0 bridgehead atoms. The highest BCUT2D eigenvalue weighted by Gasteiger charge is 2.58. The number of ketones is 1. The molecule has 0 amide bonds. The number of carbonyl (C=O) groups is 3. The number of fused-ring (bicyclic) bond motifs is 1. The summed E-state index contributed by atoms with van der Waals surface area (Å²) >= 11 is 0. The first kappa shape index (κ1) is 24.1. The monoisotopic (exact) mass is 416 g/mol. The van der Waals surface area contributed by atoms with Gasteiger partial charge in [-0.05, 0) is 52.4 Å². The molecule has 6 atom stereocenters. The minimum absolute atomic E-state index is 0.143. The smallest absolute Gasteiger partial charge is 0.333 e. The quantitative estimate of drug-likeness (QED) is 0.360. The molecular formula is C25H36O5. The van der Waals surface area contributed by atoms with Gasteiger partial charge >= 0.3 is 11.9 Å². The predicted octanol–water partition coefficient (Wildman–Crippen LogP) is 4.96. The fourth-order valence-corrected chi connectivity index (χ4v) is 4.89. The van der Waals surface area contributed by atoms with Gasteiger partial charge in [-0.3, -0.25) is 4.79 Å². The summed E-state index contributed by atoms with van der Waals surface area (Å²) in [4.78, 5) is 37.7. The zero-order valence-corrected chi connectivity index (χ0v) is 19.4. The maximum atomic E-state index is 12.6. The van der Waals surface area contributed by atoms with Crippen molar-refractivity contribution in [3.8, 4) is 0 Å². The predicted molar refractivity (Wildman–Crippen MR) is 117 cm³/mol. The van der Waals surface area contributed by atoms with E-state index in [0.29, 0.717) is 18.4 Å². The normalized spacial score (nSPS) is 33.9. The first-order valence-corrected chi connectivity index (χ1v) is 10.8. The van der Waals surface area contributed by atoms with Gasteiger partial charge < -0.3 is 9.47 Å². The maximum Gasteiger partial charge on any atom is 0.333 e. The average Bonchev–Trinajstić information content (AvgIpc) is 2.63. The van der Waals surface area contributed by atoms with Crippen LogP contribution in [0, 0.1) is 23.2 Å². The summed E-state index contributed by atoms with van der Waals surface area (Å²) in [5, 5.41) is 0. The van der Waals surface area contributed by atoms with Gasteiger partial charge in [0.05, 0.1) is 0 Å². The lowest BCUT2D eigenvalue weighted by Crippen LogP contribution is -2.59. The summed E-state index contributed by atoms with van der Waals surface area (Å²) in [5.74, 6) is -0.960. The van der Waals surface area contributed by atoms with Gasteiger partial charge in [0.2, 0.25) is 0 Å². The van der Waals surface area contributed by atoms with E-state index in [1.807, 2.05) is 20.8 Å². The fraction of sp³-hybridized carbons (Fsp3) is 0.640. The van der Waals surface area contributed by atoms with Crippen LogP contribution in [0.4, 0.5) is 0 Å². The number of hydrogen-bond acceptors (Lipinski definition) is 5. The molecule has 0 aliphatic heterocycles. The summed E-state index contributed by atoms with van der Waals surface area (Å²) in [6.07, 6.45) is 3.35. The molecule has 30 heavy (non-hydrogen) atoms. The van der Waals surface area contributed by atoms with Gasteiger partial charge in [-0.25, -0.2) is 9.59 Å². The first-order chi connectivity index (χ1) is 13.9. The van der Waals surface area contributed by atoms with Crippen LogP contribution in [-0.4, -0.2) is 29.9 Å². The van der Waals surface area contributed by atoms with E-state index in [1.165, 1.54) is 6.08 Å². The molecule has 2 aliphatic carbocycles. The molecule has 0 N–H and O–H groups in total. The minimum Gasteiger partial charge on any atom is -0.455 e. The number of ether oxygens (including phenoxy) is 2. The third-order valence-corrected chi connectivity index (χ3v) is 7.02. The Labute approximate surface area is 180 Å². The van der Waals surface area contributed by atoms with Crippen LogP contribution in [0.15, 0.2) is 35.5 Å². The van der Waals surface area contributed by atoms with Crippen molar-refractivity contribution in [1.82, 2.24) is 0 Å². The van der Waals surface area contributed by atoms with Crippen molar-refractivity contribution in [2.75, 3.05) is 0 Å². The Kier molecular flexibility index (Phi) is 7.49. The van der Waals surface area contributed by atoms with Gasteiger partial charge in [0.25, 0.3) is 0 Å². The molecule has 5 heteroatoms. The van der Waals surface area contributed by atoms with Gasteiger partial charge in [-0.1, -0.05) is 37.6 Å². The molecule has 0 radical (unpaired) electrons. The van der Waals surface area contributed by atoms with Crippen LogP contribution in [0.25, 0.3) is 0 Å². The van der Waals surface area contributed by atoms with E-state index in [2.05, 4.69) is 20.4 Å². The molecule has 166 valence electrons. The highest BCUT2D eigenvalue weighted by atomic mass is 16.6. The molecule has 0 heterocycles. The van der Waals surface area contributed by atoms with E-state index in [-0.39, 0.29) is 29.0 Å². The van der Waals surface area contributed by atoms with Crippen molar-refractivity contribution in [1.29, 1.82) is 0 Å². The Morgan fingerprint density at radius 1 is 1.10 bits per heavy atom. The fourth-order valence-electron chi connectivity index (χ4n) is 4.89. The zero-order valence-electron chi connectivity index (χ0n) is 19.4. The highest BCUT2D eigenvalue weighted by molar-refractivity contribution is 5.88. The average molecular weight is 417 g/mol. The Morgan fingerprint density at radius 3 is 2.27 bits per heavy atom. The van der Waals surface area contributed by atoms with Gasteiger partial charge in [0.15, 0.2) is 0 Å². The summed E-state index contributed by atoms with van der Waals surface area (Å²) < 4.78 is 11.9. The molecule has 0 aromatic heterocycles. The van der Waals surface area contributed by atoms with Crippen LogP contribution in [0.3, 0.4) is 0 Å². The summed E-state index contributed by atoms with van der Waals surface area (Å²) in [5.41, 5.74) is 1.98. The van der Waals surface area contributed by atoms with Crippen LogP contribution < -0.4 is 0 Å². The van der Waals surface area contributed by atoms with Crippen LogP contribution in [-0.2, 0) is 23.9 Å². The van der Waals surface area contributed by atoms with Crippen LogP contribution in [0.5, 0.6) is 0 Å². The second-order valence-corrected chi connectivity index (χ2v) is 9.58. The lowest BCUT2D eigenvalue weighted by molar-refractivity contribution is -0.198. The number of allylic oxidation sites excluding steroid dienone is 2. The highest BCUT2D eigenvalue weighted by Crippen LogP contribution is 2.56. The zero-order chi connectivity index (χ0) is 22.8. The summed E-state index contributed by atoms with van der Waals surface area (Å²) in [7, 11) is 0. The Morgan fingerprint density at radius 2 is 1.73 bits per heavy atom. The largest absolute Gasteiger partial charge is 0.455 e. The molecule has 0 aromatic carbocycles. The van der Waals surface area contributed by atoms with Gasteiger partial charge in [0, 0.05) is 36.3 Å². The molecular weight excluding hydrogens is 380 g/mol. The van der Waals surface area contributed by atoms with Gasteiger partial charge in [0.1, 0.15) is 18.0 Å². The molecule has 0 unspecified atom stereocenters. The first-order valence-electron chi connectivity index (χ1n) is 10.8. The van der Waals surface area contributed by atoms with E-state index in [9.17, 15) is 14.4 Å². The summed E-state index contributed by atoms with van der Waals surface area (Å²) in [6.45, 7) is 17.4. The Hall–Kier alpha value is -2.17. The van der Waals surface area contributed by atoms with Crippen LogP contribution >= 0.6 is 0 Å². The molecule has 0 spiro atoms. The number of Topliss-reactive ketones (excluding diaryl/α,β-unsaturated/α-hetero) is 1. The lowest BCUT2D eigenvalue weighted by atomic mass is 9.51. The molecule has 0 saturated heterocycles. The SMILES string of the molecule is C=C(C)[C@H]1C[C@@]2(C)[C@H](CC(=O)C[C@@H]2C)[C@H](OC(=O)C=C(C)C)[C@@H]1OC(=O)/C(C)=C/C. The summed E-state index contributed by atoms with van der Waals surface area (Å²) in [6, 6.07) is 0. The molecule has 2 fully saturated rings. The number of carbonyl (C=O) groups excluding carboxylic acids is 3. The van der Waals surface area contributed by atoms with Crippen molar-refractivity contribution in [3.63, 3.8) is 0 Å². The molecule has 5 nitrogen and oxygen atoms in total. The Bertz CT molecular complexity index is 785. The number of hydrogen-bond donors (Lipinski definition) is 0. The van der Waals surface area contributed by atoms with Gasteiger partial charge in [-0.15, -0.1) is 0 Å². The maximum absolute atomic E-state index is 12.6. The lowest BCUT2D eigenvalue weighted by Gasteiger charge is -2.56. The van der Waals surface area contributed by atoms with Crippen LogP contribution in [0.2, 0.25) is 0 Å². The van der Waals surface area contributed by atoms with Crippen LogP contribution in [0.1, 0.15) is 67.7 Å². The molecule has 2 saturated carbocycles. The van der Waals surface area contributed by atoms with E-state index < -0.39 is 24.1 Å². The van der Waals surface area contributed by atoms with Crippen molar-refractivity contribution < 1.29 is 23.9 Å². The standard InChI is InChI=1S/C25H36O5/c1-9-16(6)24(28)30-22-19(15(4)5)13-25(8)17(7)11-18(26)12-20(25)23(22)29-21(27)10-14(2)3/h9-10,17,19-20,22-23H,4,11-13H2,1-3,5-8H3/b16-9+/t17-,19+,20+,22+,23-,25+/m0/s1. The Balaban J connectivity index is 2.54. The minimum atomic E-state index is -0.700. The molecule has 0 aromatic rings. The van der Waals surface area contributed by atoms with Crippen molar-refractivity contribution in [2.45, 2.75) is 79.9 Å². The molecule has 2 rings (SSSR count). The van der Waals surface area contributed by atoms with E-state index in [0.717, 1.165) is 17.6 Å². The van der Waals surface area contributed by atoms with Crippen molar-refractivity contribution >= 4 is 17.7 Å². The van der Waals surface area contributed by atoms with Crippen molar-refractivity contribution in [3.05, 3.63) is 35.5 Å². The number of esters is 2. The third kappa shape index (κ3) is 4.93. The third-order valence-electron chi connectivity index (χ3n) is 7.02. The topological polar surface area (TPSA) is 69.7 Å².